The molecule has 4 fully saturated rings. The molecule has 0 amide bonds. The number of alkyl halides is 1. The third-order valence-electron chi connectivity index (χ3n) is 8.18. The Bertz CT molecular complexity index is 726. The molecule has 0 aromatic rings. The van der Waals surface area contributed by atoms with Gasteiger partial charge in [0.15, 0.2) is 23.8 Å². The second kappa shape index (κ2) is 4.09. The highest BCUT2D eigenvalue weighted by Gasteiger charge is 2.77. The summed E-state index contributed by atoms with van der Waals surface area (Å²) in [6.45, 7) is 8.40. The van der Waals surface area contributed by atoms with Crippen LogP contribution < -0.4 is 0 Å². The van der Waals surface area contributed by atoms with E-state index in [0.717, 1.165) is 24.8 Å². The van der Waals surface area contributed by atoms with E-state index in [1.807, 2.05) is 13.0 Å². The number of fused-ring (bicyclic) bond motifs is 4. The lowest BCUT2D eigenvalue weighted by Crippen LogP contribution is -2.57. The van der Waals surface area contributed by atoms with Crippen LogP contribution in [-0.4, -0.2) is 29.4 Å². The summed E-state index contributed by atoms with van der Waals surface area (Å²) in [7, 11) is 0. The number of Topliss-reactive ketones (excluding diaryl/α,β-unsaturated/α-hetero) is 1. The Hall–Kier alpha value is -1.29. The fourth-order valence-electron chi connectivity index (χ4n) is 6.84. The van der Waals surface area contributed by atoms with Crippen molar-refractivity contribution in [1.29, 1.82) is 0 Å². The number of epoxide rings is 1. The van der Waals surface area contributed by atoms with Crippen LogP contribution in [0, 0.1) is 28.6 Å². The maximum atomic E-state index is 14.2. The molecule has 0 bridgehead atoms. The van der Waals surface area contributed by atoms with Crippen LogP contribution in [0.4, 0.5) is 4.39 Å². The van der Waals surface area contributed by atoms with Gasteiger partial charge in [0.1, 0.15) is 5.60 Å². The standard InChI is InChI=1S/C20H23FO3/c1-10-8-11-12(4-6-18(2)13(11)9-14(21)16(18)23)19(3)7-5-15(22)17-20(10,19)24-17/h5,7,11-14,17H,1,4,6,8-9H2,2-3H3/t11-,12+,13+,14-,17?,18+,19-,20?/m1/s1. The molecule has 0 aromatic heterocycles. The molecule has 4 heteroatoms. The Morgan fingerprint density at radius 1 is 1.29 bits per heavy atom. The lowest BCUT2D eigenvalue weighted by atomic mass is 9.45. The van der Waals surface area contributed by atoms with Crippen molar-refractivity contribution in [1.82, 2.24) is 0 Å². The molecule has 0 N–H and O–H groups in total. The van der Waals surface area contributed by atoms with Gasteiger partial charge in [-0.1, -0.05) is 26.5 Å². The molecule has 1 spiro atoms. The predicted octanol–water partition coefficient (Wildman–Crippen LogP) is 3.19. The van der Waals surface area contributed by atoms with E-state index >= 15 is 0 Å². The maximum absolute atomic E-state index is 14.2. The van der Waals surface area contributed by atoms with Gasteiger partial charge < -0.3 is 4.74 Å². The molecule has 1 heterocycles. The molecule has 128 valence electrons. The Kier molecular flexibility index (Phi) is 2.56. The fraction of sp³-hybridized carbons (Fsp3) is 0.700. The minimum Gasteiger partial charge on any atom is -0.352 e. The monoisotopic (exact) mass is 330 g/mol. The molecule has 1 aliphatic heterocycles. The summed E-state index contributed by atoms with van der Waals surface area (Å²) in [5.74, 6) is 0.477. The highest BCUT2D eigenvalue weighted by Crippen LogP contribution is 2.71. The van der Waals surface area contributed by atoms with Crippen LogP contribution in [0.5, 0.6) is 0 Å². The van der Waals surface area contributed by atoms with Gasteiger partial charge in [-0.3, -0.25) is 9.59 Å². The second-order valence-corrected chi connectivity index (χ2v) is 8.96. The summed E-state index contributed by atoms with van der Waals surface area (Å²) < 4.78 is 20.2. The SMILES string of the molecule is C=C1C[C@H]2[C@@H]3C[C@@H](F)C(=O)[C@@]3(C)CC[C@@H]2[C@@]2(C)C=CC(=O)C3OC132. The summed E-state index contributed by atoms with van der Waals surface area (Å²) in [6.07, 6.45) is 4.71. The average Bonchev–Trinajstić information content (AvgIpc) is 3.26. The maximum Gasteiger partial charge on any atom is 0.187 e. The molecule has 3 nitrogen and oxygen atoms in total. The highest BCUT2D eigenvalue weighted by atomic mass is 19.1. The van der Waals surface area contributed by atoms with Crippen molar-refractivity contribution in [3.8, 4) is 0 Å². The quantitative estimate of drug-likeness (QED) is 0.506. The Morgan fingerprint density at radius 3 is 2.79 bits per heavy atom. The molecule has 4 aliphatic carbocycles. The topological polar surface area (TPSA) is 46.7 Å². The summed E-state index contributed by atoms with van der Waals surface area (Å²) >= 11 is 0. The summed E-state index contributed by atoms with van der Waals surface area (Å²) in [4.78, 5) is 24.5. The van der Waals surface area contributed by atoms with Crippen LogP contribution in [-0.2, 0) is 14.3 Å². The van der Waals surface area contributed by atoms with E-state index in [-0.39, 0.29) is 34.9 Å². The van der Waals surface area contributed by atoms with Crippen molar-refractivity contribution >= 4 is 11.6 Å². The van der Waals surface area contributed by atoms with Gasteiger partial charge in [0, 0.05) is 10.8 Å². The molecular weight excluding hydrogens is 307 g/mol. The third kappa shape index (κ3) is 1.37. The molecule has 5 rings (SSSR count). The van der Waals surface area contributed by atoms with E-state index in [1.54, 1.807) is 6.08 Å². The minimum absolute atomic E-state index is 0.0348. The summed E-state index contributed by atoms with van der Waals surface area (Å²) in [5, 5.41) is 0. The molecular formula is C20H23FO3. The zero-order valence-corrected chi connectivity index (χ0v) is 14.2. The molecule has 3 saturated carbocycles. The van der Waals surface area contributed by atoms with Gasteiger partial charge in [-0.25, -0.2) is 4.39 Å². The number of halogens is 1. The van der Waals surface area contributed by atoms with E-state index < -0.39 is 17.2 Å². The Balaban J connectivity index is 1.60. The van der Waals surface area contributed by atoms with Crippen molar-refractivity contribution in [2.24, 2.45) is 28.6 Å². The predicted molar refractivity (Wildman–Crippen MR) is 85.9 cm³/mol. The van der Waals surface area contributed by atoms with Gasteiger partial charge in [0.05, 0.1) is 0 Å². The molecule has 24 heavy (non-hydrogen) atoms. The normalized spacial score (nSPS) is 58.0. The molecule has 8 atom stereocenters. The molecule has 2 unspecified atom stereocenters. The van der Waals surface area contributed by atoms with Crippen molar-refractivity contribution in [3.63, 3.8) is 0 Å². The number of ether oxygens (including phenoxy) is 1. The second-order valence-electron chi connectivity index (χ2n) is 8.96. The Morgan fingerprint density at radius 2 is 2.04 bits per heavy atom. The number of carbonyl (C=O) groups is 2. The smallest absolute Gasteiger partial charge is 0.187 e. The van der Waals surface area contributed by atoms with Gasteiger partial charge in [-0.05, 0) is 55.1 Å². The van der Waals surface area contributed by atoms with Crippen LogP contribution >= 0.6 is 0 Å². The van der Waals surface area contributed by atoms with Gasteiger partial charge in [-0.2, -0.15) is 0 Å². The van der Waals surface area contributed by atoms with Crippen molar-refractivity contribution in [2.45, 2.75) is 57.4 Å². The molecule has 0 radical (unpaired) electrons. The number of hydrogen-bond donors (Lipinski definition) is 0. The lowest BCUT2D eigenvalue weighted by molar-refractivity contribution is -0.135. The van der Waals surface area contributed by atoms with Gasteiger partial charge in [0.2, 0.25) is 0 Å². The summed E-state index contributed by atoms with van der Waals surface area (Å²) in [5.41, 5.74) is -0.386. The summed E-state index contributed by atoms with van der Waals surface area (Å²) in [6, 6.07) is 0. The van der Waals surface area contributed by atoms with E-state index in [4.69, 9.17) is 4.74 Å². The van der Waals surface area contributed by atoms with Crippen molar-refractivity contribution in [2.75, 3.05) is 0 Å². The first-order valence-electron chi connectivity index (χ1n) is 9.03. The number of ketones is 2. The minimum atomic E-state index is -1.32. The first-order chi connectivity index (χ1) is 11.3. The van der Waals surface area contributed by atoms with Crippen LogP contribution in [0.2, 0.25) is 0 Å². The number of rotatable bonds is 0. The Labute approximate surface area is 141 Å². The molecule has 0 aromatic carbocycles. The lowest BCUT2D eigenvalue weighted by Gasteiger charge is -2.57. The molecule has 1 saturated heterocycles. The van der Waals surface area contributed by atoms with Gasteiger partial charge >= 0.3 is 0 Å². The van der Waals surface area contributed by atoms with Crippen LogP contribution in [0.25, 0.3) is 0 Å². The van der Waals surface area contributed by atoms with Crippen LogP contribution in [0.3, 0.4) is 0 Å². The van der Waals surface area contributed by atoms with Gasteiger partial charge in [0.25, 0.3) is 0 Å². The average molecular weight is 330 g/mol. The van der Waals surface area contributed by atoms with Crippen molar-refractivity contribution < 1.29 is 18.7 Å². The number of hydrogen-bond acceptors (Lipinski definition) is 3. The first kappa shape index (κ1) is 15.0. The van der Waals surface area contributed by atoms with E-state index in [9.17, 15) is 14.0 Å². The van der Waals surface area contributed by atoms with E-state index in [0.29, 0.717) is 12.3 Å². The largest absolute Gasteiger partial charge is 0.352 e. The van der Waals surface area contributed by atoms with Gasteiger partial charge in [-0.15, -0.1) is 0 Å². The van der Waals surface area contributed by atoms with Crippen LogP contribution in [0.1, 0.15) is 39.5 Å². The zero-order valence-electron chi connectivity index (χ0n) is 14.2. The van der Waals surface area contributed by atoms with Crippen molar-refractivity contribution in [3.05, 3.63) is 24.3 Å². The van der Waals surface area contributed by atoms with E-state index in [2.05, 4.69) is 13.5 Å². The van der Waals surface area contributed by atoms with E-state index in [1.165, 1.54) is 0 Å². The number of carbonyl (C=O) groups excluding carboxylic acids is 2. The fourth-order valence-corrected chi connectivity index (χ4v) is 6.84. The van der Waals surface area contributed by atoms with Crippen LogP contribution in [0.15, 0.2) is 24.3 Å². The zero-order chi connectivity index (χ0) is 17.1. The highest BCUT2D eigenvalue weighted by molar-refractivity contribution is 5.99. The third-order valence-corrected chi connectivity index (χ3v) is 8.18. The molecule has 5 aliphatic rings. The first-order valence-corrected chi connectivity index (χ1v) is 9.03.